The summed E-state index contributed by atoms with van der Waals surface area (Å²) < 4.78 is 7.90. The van der Waals surface area contributed by atoms with Crippen LogP contribution in [0.2, 0.25) is 0 Å². The lowest BCUT2D eigenvalue weighted by molar-refractivity contribution is -0.128. The number of carbonyl (C=O) groups is 1. The number of nitrogens with zero attached hydrogens (tertiary/aromatic N) is 5. The molecule has 2 heterocycles. The number of nitrogens with one attached hydrogen (secondary N) is 1. The van der Waals surface area contributed by atoms with Gasteiger partial charge in [0.15, 0.2) is 0 Å². The van der Waals surface area contributed by atoms with Crippen molar-refractivity contribution < 1.29 is 9.53 Å². The number of hydrogen-bond acceptors (Lipinski definition) is 6. The first kappa shape index (κ1) is 23.4. The number of ether oxygens (including phenoxy) is 1. The molecule has 2 aromatic rings. The molecular formula is C22H32N6O2. The van der Waals surface area contributed by atoms with Gasteiger partial charge >= 0.3 is 0 Å². The average molecular weight is 413 g/mol. The highest BCUT2D eigenvalue weighted by atomic mass is 16.5. The van der Waals surface area contributed by atoms with E-state index in [1.165, 1.54) is 12.5 Å². The molecule has 0 saturated carbocycles. The van der Waals surface area contributed by atoms with Crippen LogP contribution < -0.4 is 5.43 Å². The van der Waals surface area contributed by atoms with Gasteiger partial charge in [-0.05, 0) is 36.0 Å². The quantitative estimate of drug-likeness (QED) is 0.327. The average Bonchev–Trinajstić information content (AvgIpc) is 3.28. The SMILES string of the molecule is C=C(C(OCC(=O)NN=Cc1ccccn1)C(CCC)n1cncn1)C(C)(C)CC. The Bertz CT molecular complexity index is 817. The lowest BCUT2D eigenvalue weighted by Crippen LogP contribution is -2.37. The molecule has 0 radical (unpaired) electrons. The fraction of sp³-hybridized carbons (Fsp3) is 0.500. The zero-order valence-corrected chi connectivity index (χ0v) is 18.3. The van der Waals surface area contributed by atoms with Gasteiger partial charge in [0.05, 0.1) is 18.0 Å². The number of rotatable bonds is 12. The first-order valence-corrected chi connectivity index (χ1v) is 10.3. The maximum atomic E-state index is 12.3. The van der Waals surface area contributed by atoms with Crippen LogP contribution in [0.25, 0.3) is 0 Å². The van der Waals surface area contributed by atoms with Crippen LogP contribution in [0.15, 0.2) is 54.3 Å². The molecule has 0 aliphatic rings. The molecule has 0 fully saturated rings. The highest BCUT2D eigenvalue weighted by Gasteiger charge is 2.34. The van der Waals surface area contributed by atoms with Crippen LogP contribution in [0.3, 0.4) is 0 Å². The molecule has 0 spiro atoms. The summed E-state index contributed by atoms with van der Waals surface area (Å²) in [6, 6.07) is 5.37. The molecule has 0 aromatic carbocycles. The highest BCUT2D eigenvalue weighted by Crippen LogP contribution is 2.37. The second-order valence-corrected chi connectivity index (χ2v) is 7.77. The fourth-order valence-corrected chi connectivity index (χ4v) is 2.98. The minimum Gasteiger partial charge on any atom is -0.362 e. The molecule has 2 atom stereocenters. The molecule has 2 aromatic heterocycles. The van der Waals surface area contributed by atoms with Crippen molar-refractivity contribution in [2.24, 2.45) is 10.5 Å². The van der Waals surface area contributed by atoms with E-state index in [1.807, 2.05) is 12.1 Å². The Kier molecular flexibility index (Phi) is 8.86. The second kappa shape index (κ2) is 11.3. The normalized spacial score (nSPS) is 13.9. The molecule has 2 rings (SSSR count). The standard InChI is InChI=1S/C22H32N6O2/c1-6-10-19(28-16-23-15-26-28)21(17(3)22(4,5)7-2)30-14-20(29)27-25-13-18-11-8-9-12-24-18/h8-9,11-13,15-16,19,21H,3,6-7,10,14H2,1-2,4-5H3,(H,27,29). The molecule has 1 N–H and O–H groups in total. The number of carbonyl (C=O) groups excluding carboxylic acids is 1. The lowest BCUT2D eigenvalue weighted by Gasteiger charge is -2.36. The summed E-state index contributed by atoms with van der Waals surface area (Å²) in [5.41, 5.74) is 3.93. The topological polar surface area (TPSA) is 94.3 Å². The van der Waals surface area contributed by atoms with Gasteiger partial charge in [0.25, 0.3) is 5.91 Å². The molecule has 162 valence electrons. The molecule has 1 amide bonds. The lowest BCUT2D eigenvalue weighted by atomic mass is 9.77. The molecule has 0 aliphatic heterocycles. The first-order valence-electron chi connectivity index (χ1n) is 10.3. The predicted octanol–water partition coefficient (Wildman–Crippen LogP) is 3.54. The van der Waals surface area contributed by atoms with Crippen LogP contribution in [0.4, 0.5) is 0 Å². The number of hydrazone groups is 1. The van der Waals surface area contributed by atoms with Crippen LogP contribution in [0.1, 0.15) is 58.7 Å². The van der Waals surface area contributed by atoms with E-state index in [2.05, 4.69) is 59.9 Å². The van der Waals surface area contributed by atoms with Crippen molar-refractivity contribution in [1.82, 2.24) is 25.2 Å². The van der Waals surface area contributed by atoms with Gasteiger partial charge < -0.3 is 4.74 Å². The van der Waals surface area contributed by atoms with Gasteiger partial charge in [0.2, 0.25) is 0 Å². The van der Waals surface area contributed by atoms with Crippen molar-refractivity contribution >= 4 is 12.1 Å². The van der Waals surface area contributed by atoms with Gasteiger partial charge in [0.1, 0.15) is 25.4 Å². The zero-order valence-electron chi connectivity index (χ0n) is 18.3. The van der Waals surface area contributed by atoms with Gasteiger partial charge in [-0.15, -0.1) is 0 Å². The summed E-state index contributed by atoms with van der Waals surface area (Å²) in [6.45, 7) is 12.7. The van der Waals surface area contributed by atoms with Crippen LogP contribution in [-0.2, 0) is 9.53 Å². The third kappa shape index (κ3) is 6.59. The van der Waals surface area contributed by atoms with E-state index in [1.54, 1.807) is 23.3 Å². The van der Waals surface area contributed by atoms with Crippen molar-refractivity contribution in [3.8, 4) is 0 Å². The van der Waals surface area contributed by atoms with Crippen LogP contribution in [0, 0.1) is 5.41 Å². The molecule has 8 nitrogen and oxygen atoms in total. The minimum absolute atomic E-state index is 0.0966. The third-order valence-corrected chi connectivity index (χ3v) is 5.27. The summed E-state index contributed by atoms with van der Waals surface area (Å²) in [5.74, 6) is -0.344. The minimum atomic E-state index is -0.382. The van der Waals surface area contributed by atoms with Crippen LogP contribution in [0.5, 0.6) is 0 Å². The molecular weight excluding hydrogens is 380 g/mol. The van der Waals surface area contributed by atoms with Gasteiger partial charge in [-0.2, -0.15) is 10.2 Å². The van der Waals surface area contributed by atoms with E-state index in [0.29, 0.717) is 5.69 Å². The summed E-state index contributed by atoms with van der Waals surface area (Å²) in [7, 11) is 0. The number of hydrogen-bond donors (Lipinski definition) is 1. The van der Waals surface area contributed by atoms with E-state index in [0.717, 1.165) is 24.8 Å². The number of aromatic nitrogens is 4. The van der Waals surface area contributed by atoms with Gasteiger partial charge in [-0.25, -0.2) is 15.1 Å². The number of pyridine rings is 1. The van der Waals surface area contributed by atoms with Gasteiger partial charge in [-0.3, -0.25) is 9.78 Å². The van der Waals surface area contributed by atoms with Crippen LogP contribution in [-0.4, -0.2) is 44.6 Å². The summed E-state index contributed by atoms with van der Waals surface area (Å²) >= 11 is 0. The maximum Gasteiger partial charge on any atom is 0.266 e. The predicted molar refractivity (Wildman–Crippen MR) is 117 cm³/mol. The van der Waals surface area contributed by atoms with Crippen molar-refractivity contribution in [2.75, 3.05) is 6.61 Å². The van der Waals surface area contributed by atoms with E-state index in [-0.39, 0.29) is 30.1 Å². The van der Waals surface area contributed by atoms with Crippen LogP contribution >= 0.6 is 0 Å². The number of amides is 1. The van der Waals surface area contributed by atoms with E-state index in [9.17, 15) is 4.79 Å². The zero-order chi connectivity index (χ0) is 22.0. The van der Waals surface area contributed by atoms with E-state index in [4.69, 9.17) is 4.74 Å². The fourth-order valence-electron chi connectivity index (χ4n) is 2.98. The Balaban J connectivity index is 2.09. The largest absolute Gasteiger partial charge is 0.362 e. The van der Waals surface area contributed by atoms with Crippen molar-refractivity contribution in [3.63, 3.8) is 0 Å². The maximum absolute atomic E-state index is 12.3. The monoisotopic (exact) mass is 412 g/mol. The van der Waals surface area contributed by atoms with E-state index >= 15 is 0 Å². The summed E-state index contributed by atoms with van der Waals surface area (Å²) in [6.07, 6.45) is 8.62. The van der Waals surface area contributed by atoms with Crippen molar-refractivity contribution in [3.05, 3.63) is 54.9 Å². The highest BCUT2D eigenvalue weighted by molar-refractivity contribution is 5.81. The second-order valence-electron chi connectivity index (χ2n) is 7.77. The Morgan fingerprint density at radius 3 is 2.80 bits per heavy atom. The van der Waals surface area contributed by atoms with Gasteiger partial charge in [-0.1, -0.05) is 46.8 Å². The molecule has 0 aliphatic carbocycles. The van der Waals surface area contributed by atoms with Crippen molar-refractivity contribution in [1.29, 1.82) is 0 Å². The summed E-state index contributed by atoms with van der Waals surface area (Å²) in [5, 5.41) is 8.25. The van der Waals surface area contributed by atoms with Gasteiger partial charge in [0, 0.05) is 6.20 Å². The molecule has 30 heavy (non-hydrogen) atoms. The Morgan fingerprint density at radius 1 is 1.40 bits per heavy atom. The Labute approximate surface area is 178 Å². The Hall–Kier alpha value is -2.87. The molecule has 0 bridgehead atoms. The third-order valence-electron chi connectivity index (χ3n) is 5.27. The van der Waals surface area contributed by atoms with E-state index < -0.39 is 0 Å². The smallest absolute Gasteiger partial charge is 0.266 e. The Morgan fingerprint density at radius 2 is 2.20 bits per heavy atom. The summed E-state index contributed by atoms with van der Waals surface area (Å²) in [4.78, 5) is 20.5. The molecule has 0 saturated heterocycles. The first-order chi connectivity index (χ1) is 14.4. The molecule has 2 unspecified atom stereocenters. The van der Waals surface area contributed by atoms with Crippen molar-refractivity contribution in [2.45, 2.75) is 59.1 Å². The molecule has 8 heteroatoms.